The minimum atomic E-state index is -4.76. The molecule has 2 aromatic rings. The van der Waals surface area contributed by atoms with E-state index in [9.17, 15) is 13.2 Å². The Kier molecular flexibility index (Phi) is 5.21. The Hall–Kier alpha value is -2.81. The fourth-order valence-corrected chi connectivity index (χ4v) is 3.62. The van der Waals surface area contributed by atoms with Crippen LogP contribution in [0, 0.1) is 0 Å². The highest BCUT2D eigenvalue weighted by Crippen LogP contribution is 2.38. The van der Waals surface area contributed by atoms with Gasteiger partial charge in [-0.1, -0.05) is 42.5 Å². The van der Waals surface area contributed by atoms with Crippen molar-refractivity contribution >= 4 is 39.4 Å². The molecular weight excluding hydrogens is 391 g/mol. The number of carbonyl (C=O) groups is 1. The molecule has 1 aliphatic heterocycles. The van der Waals surface area contributed by atoms with Gasteiger partial charge in [-0.15, -0.1) is 0 Å². The molecule has 0 amide bonds. The highest BCUT2D eigenvalue weighted by Gasteiger charge is 2.50. The molecule has 3 rings (SSSR count). The Morgan fingerprint density at radius 3 is 2.21 bits per heavy atom. The molecular formula is C18H14B3NO6S. The largest absolute Gasteiger partial charge is 0.497 e. The summed E-state index contributed by atoms with van der Waals surface area (Å²) in [5, 5.41) is 0. The van der Waals surface area contributed by atoms with Gasteiger partial charge in [-0.3, -0.25) is 4.79 Å². The SMILES string of the molecule is [B]C([B])(c1ccccc1)S(=O)(=O)OC1=C(N)O[C@]([B])(c2ccc(OC)cc2)C1=O. The topological polar surface area (TPSA) is 105 Å². The maximum Gasteiger partial charge on any atom is 0.302 e. The van der Waals surface area contributed by atoms with E-state index in [0.29, 0.717) is 5.75 Å². The smallest absolute Gasteiger partial charge is 0.302 e. The Morgan fingerprint density at radius 2 is 1.66 bits per heavy atom. The van der Waals surface area contributed by atoms with E-state index in [-0.39, 0.29) is 11.1 Å². The van der Waals surface area contributed by atoms with E-state index in [0.717, 1.165) is 0 Å². The summed E-state index contributed by atoms with van der Waals surface area (Å²) in [7, 11) is 14.4. The number of nitrogens with two attached hydrogens (primary N) is 1. The zero-order valence-corrected chi connectivity index (χ0v) is 16.2. The molecule has 11 heteroatoms. The first-order valence-corrected chi connectivity index (χ1v) is 9.68. The van der Waals surface area contributed by atoms with Crippen LogP contribution in [-0.4, -0.2) is 44.8 Å². The lowest BCUT2D eigenvalue weighted by Gasteiger charge is -2.26. The molecule has 7 nitrogen and oxygen atoms in total. The molecule has 6 radical (unpaired) electrons. The number of benzene rings is 2. The molecule has 142 valence electrons. The van der Waals surface area contributed by atoms with Crippen molar-refractivity contribution in [2.75, 3.05) is 7.11 Å². The van der Waals surface area contributed by atoms with Gasteiger partial charge in [0.15, 0.2) is 5.50 Å². The van der Waals surface area contributed by atoms with E-state index in [1.165, 1.54) is 31.4 Å². The molecule has 0 aromatic heterocycles. The van der Waals surface area contributed by atoms with Crippen molar-refractivity contribution in [1.82, 2.24) is 0 Å². The molecule has 1 atom stereocenters. The van der Waals surface area contributed by atoms with Gasteiger partial charge in [-0.25, -0.2) is 0 Å². The number of Topliss-reactive ketones (excluding diaryl/α,β-unsaturated/α-hetero) is 1. The third kappa shape index (κ3) is 3.50. The summed E-state index contributed by atoms with van der Waals surface area (Å²) >= 11 is 0. The first kappa shape index (κ1) is 20.9. The van der Waals surface area contributed by atoms with Gasteiger partial charge in [0, 0.05) is 0 Å². The van der Waals surface area contributed by atoms with Crippen LogP contribution in [0.25, 0.3) is 0 Å². The monoisotopic (exact) mass is 405 g/mol. The van der Waals surface area contributed by atoms with E-state index in [1.807, 2.05) is 0 Å². The Bertz CT molecular complexity index is 1070. The zero-order chi connectivity index (χ0) is 21.4. The second kappa shape index (κ2) is 7.22. The minimum Gasteiger partial charge on any atom is -0.497 e. The number of ether oxygens (including phenoxy) is 2. The second-order valence-electron chi connectivity index (χ2n) is 6.29. The van der Waals surface area contributed by atoms with Gasteiger partial charge in [0.1, 0.15) is 13.6 Å². The summed E-state index contributed by atoms with van der Waals surface area (Å²) in [4.78, 5) is 12.8. The van der Waals surface area contributed by atoms with Crippen molar-refractivity contribution in [2.45, 2.75) is 10.0 Å². The highest BCUT2D eigenvalue weighted by atomic mass is 32.2. The van der Waals surface area contributed by atoms with Crippen molar-refractivity contribution in [3.05, 3.63) is 77.4 Å². The average Bonchev–Trinajstić information content (AvgIpc) is 2.92. The standard InChI is InChI=1S/C18H14B3NO6S/c1-26-13-9-7-11(8-10-13)17(19)15(23)14(16(22)27-17)28-29(24,25)18(20,21)12-5-3-2-4-6-12/h2-10H,22H2,1H3/t17-/m1/s1. The summed E-state index contributed by atoms with van der Waals surface area (Å²) in [5.41, 5.74) is 3.85. The normalized spacial score (nSPS) is 19.7. The van der Waals surface area contributed by atoms with Crippen LogP contribution in [0.3, 0.4) is 0 Å². The van der Waals surface area contributed by atoms with Gasteiger partial charge < -0.3 is 19.4 Å². The molecule has 1 heterocycles. The van der Waals surface area contributed by atoms with Crippen LogP contribution in [0.4, 0.5) is 0 Å². The van der Waals surface area contributed by atoms with Crippen LogP contribution in [-0.2, 0) is 33.9 Å². The molecule has 0 saturated carbocycles. The molecule has 29 heavy (non-hydrogen) atoms. The molecule has 0 unspecified atom stereocenters. The van der Waals surface area contributed by atoms with Crippen LogP contribution in [0.2, 0.25) is 0 Å². The number of hydrogen-bond acceptors (Lipinski definition) is 7. The Balaban J connectivity index is 1.91. The maximum atomic E-state index is 12.8. The van der Waals surface area contributed by atoms with Crippen LogP contribution in [0.5, 0.6) is 5.75 Å². The molecule has 0 bridgehead atoms. The average molecular weight is 405 g/mol. The van der Waals surface area contributed by atoms with Crippen molar-refractivity contribution in [3.63, 3.8) is 0 Å². The first-order chi connectivity index (χ1) is 13.5. The number of carbonyl (C=O) groups excluding carboxylic acids is 1. The lowest BCUT2D eigenvalue weighted by Crippen LogP contribution is -2.40. The van der Waals surface area contributed by atoms with E-state index in [2.05, 4.69) is 0 Å². The number of methoxy groups -OCH3 is 1. The summed E-state index contributed by atoms with van der Waals surface area (Å²) in [5.74, 6) is -1.91. The predicted molar refractivity (Wildman–Crippen MR) is 107 cm³/mol. The van der Waals surface area contributed by atoms with E-state index in [1.54, 1.807) is 30.3 Å². The van der Waals surface area contributed by atoms with Crippen LogP contribution in [0.15, 0.2) is 66.2 Å². The van der Waals surface area contributed by atoms with Gasteiger partial charge >= 0.3 is 10.1 Å². The quantitative estimate of drug-likeness (QED) is 0.543. The molecule has 0 spiro atoms. The molecule has 0 fully saturated rings. The third-order valence-corrected chi connectivity index (χ3v) is 5.84. The van der Waals surface area contributed by atoms with Gasteiger partial charge in [-0.05, 0) is 23.3 Å². The number of ketones is 1. The van der Waals surface area contributed by atoms with Crippen molar-refractivity contribution in [1.29, 1.82) is 0 Å². The van der Waals surface area contributed by atoms with Gasteiger partial charge in [0.2, 0.25) is 17.4 Å². The van der Waals surface area contributed by atoms with Crippen LogP contribution in [0.1, 0.15) is 11.1 Å². The van der Waals surface area contributed by atoms with Gasteiger partial charge in [0.05, 0.1) is 27.3 Å². The van der Waals surface area contributed by atoms with E-state index in [4.69, 9.17) is 42.9 Å². The minimum absolute atomic E-state index is 0.0414. The van der Waals surface area contributed by atoms with Crippen LogP contribution < -0.4 is 10.5 Å². The summed E-state index contributed by atoms with van der Waals surface area (Å²) in [6.45, 7) is 0. The van der Waals surface area contributed by atoms with E-state index < -0.39 is 37.6 Å². The Labute approximate surface area is 172 Å². The second-order valence-corrected chi connectivity index (χ2v) is 8.04. The van der Waals surface area contributed by atoms with Crippen molar-refractivity contribution in [3.8, 4) is 5.75 Å². The Morgan fingerprint density at radius 1 is 1.07 bits per heavy atom. The summed E-state index contributed by atoms with van der Waals surface area (Å²) in [6.07, 6.45) is 0. The van der Waals surface area contributed by atoms with Crippen molar-refractivity contribution < 1.29 is 26.9 Å². The van der Waals surface area contributed by atoms with E-state index >= 15 is 0 Å². The fourth-order valence-electron chi connectivity index (χ4n) is 2.68. The third-order valence-electron chi connectivity index (χ3n) is 4.39. The molecule has 2 aromatic carbocycles. The lowest BCUT2D eigenvalue weighted by molar-refractivity contribution is -0.126. The molecule has 0 saturated heterocycles. The highest BCUT2D eigenvalue weighted by molar-refractivity contribution is 7.90. The zero-order valence-electron chi connectivity index (χ0n) is 15.4. The predicted octanol–water partition coefficient (Wildman–Crippen LogP) is 0.237. The number of rotatable bonds is 6. The van der Waals surface area contributed by atoms with Gasteiger partial charge in [0.25, 0.3) is 0 Å². The summed E-state index contributed by atoms with van der Waals surface area (Å²) in [6, 6.07) is 13.6. The fraction of sp³-hybridized carbons (Fsp3) is 0.167. The lowest BCUT2D eigenvalue weighted by atomic mass is 9.65. The number of hydrogen-bond donors (Lipinski definition) is 1. The molecule has 1 aliphatic rings. The first-order valence-electron chi connectivity index (χ1n) is 8.27. The maximum absolute atomic E-state index is 12.8. The summed E-state index contributed by atoms with van der Waals surface area (Å²) < 4.78 is 38.2. The van der Waals surface area contributed by atoms with Crippen LogP contribution >= 0.6 is 0 Å². The van der Waals surface area contributed by atoms with Gasteiger partial charge in [-0.2, -0.15) is 8.42 Å². The molecule has 2 N–H and O–H groups in total. The molecule has 0 aliphatic carbocycles. The van der Waals surface area contributed by atoms with Crippen molar-refractivity contribution in [2.24, 2.45) is 5.73 Å².